The molecule has 0 saturated carbocycles. The minimum atomic E-state index is -0.554. The highest BCUT2D eigenvalue weighted by Gasteiger charge is 2.36. The number of carbonyl (C=O) groups excluding carboxylic acids is 3. The second-order valence-electron chi connectivity index (χ2n) is 6.76. The Bertz CT molecular complexity index is 1290. The number of imide groups is 1. The van der Waals surface area contributed by atoms with Crippen molar-refractivity contribution in [1.82, 2.24) is 4.98 Å². The highest BCUT2D eigenvalue weighted by atomic mass is 16.5. The van der Waals surface area contributed by atoms with Gasteiger partial charge in [0.2, 0.25) is 0 Å². The number of hydrogen-bond acceptors (Lipinski definition) is 5. The molecule has 5 rings (SSSR count). The summed E-state index contributed by atoms with van der Waals surface area (Å²) < 4.78 is 5.52. The number of anilines is 1. The summed E-state index contributed by atoms with van der Waals surface area (Å²) in [6.07, 6.45) is 1.64. The van der Waals surface area contributed by atoms with Gasteiger partial charge in [-0.2, -0.15) is 0 Å². The summed E-state index contributed by atoms with van der Waals surface area (Å²) in [4.78, 5) is 43.2. The molecule has 1 aliphatic heterocycles. The SMILES string of the molecule is O=C(Oc1cccc2cccnc12)c1ccc(N2C(=O)c3ccccc3C2=O)cc1. The first-order valence-electron chi connectivity index (χ1n) is 9.27. The number of para-hydroxylation sites is 1. The largest absolute Gasteiger partial charge is 0.421 e. The molecule has 0 unspecified atom stereocenters. The predicted molar refractivity (Wildman–Crippen MR) is 111 cm³/mol. The lowest BCUT2D eigenvalue weighted by molar-refractivity contribution is 0.0736. The molecule has 0 spiro atoms. The van der Waals surface area contributed by atoms with Crippen molar-refractivity contribution < 1.29 is 19.1 Å². The molecule has 6 heteroatoms. The van der Waals surface area contributed by atoms with Crippen LogP contribution in [-0.2, 0) is 0 Å². The molecule has 0 fully saturated rings. The third-order valence-electron chi connectivity index (χ3n) is 4.95. The van der Waals surface area contributed by atoms with Crippen LogP contribution in [0.4, 0.5) is 5.69 Å². The van der Waals surface area contributed by atoms with Crippen molar-refractivity contribution in [3.63, 3.8) is 0 Å². The molecule has 3 aromatic carbocycles. The number of hydrogen-bond donors (Lipinski definition) is 0. The van der Waals surface area contributed by atoms with Crippen molar-refractivity contribution >= 4 is 34.4 Å². The van der Waals surface area contributed by atoms with Crippen LogP contribution in [0.5, 0.6) is 5.75 Å². The Kier molecular flexibility index (Phi) is 4.10. The van der Waals surface area contributed by atoms with Crippen LogP contribution in [0.25, 0.3) is 10.9 Å². The first-order valence-corrected chi connectivity index (χ1v) is 9.27. The summed E-state index contributed by atoms with van der Waals surface area (Å²) in [5.74, 6) is -0.954. The highest BCUT2D eigenvalue weighted by molar-refractivity contribution is 6.34. The fraction of sp³-hybridized carbons (Fsp3) is 0. The van der Waals surface area contributed by atoms with E-state index >= 15 is 0 Å². The molecule has 2 amide bonds. The van der Waals surface area contributed by atoms with Gasteiger partial charge in [0.25, 0.3) is 11.8 Å². The summed E-state index contributed by atoms with van der Waals surface area (Å²) in [6.45, 7) is 0. The van der Waals surface area contributed by atoms with Crippen molar-refractivity contribution in [3.8, 4) is 5.75 Å². The highest BCUT2D eigenvalue weighted by Crippen LogP contribution is 2.29. The Morgan fingerprint density at radius 3 is 2.13 bits per heavy atom. The summed E-state index contributed by atoms with van der Waals surface area (Å²) in [5.41, 5.74) is 2.02. The number of aromatic nitrogens is 1. The van der Waals surface area contributed by atoms with E-state index in [9.17, 15) is 14.4 Å². The van der Waals surface area contributed by atoms with Gasteiger partial charge in [-0.1, -0.05) is 30.3 Å². The Balaban J connectivity index is 1.40. The lowest BCUT2D eigenvalue weighted by atomic mass is 10.1. The summed E-state index contributed by atoms with van der Waals surface area (Å²) >= 11 is 0. The molecule has 6 nitrogen and oxygen atoms in total. The van der Waals surface area contributed by atoms with Crippen LogP contribution in [0.15, 0.2) is 85.1 Å². The quantitative estimate of drug-likeness (QED) is 0.295. The van der Waals surface area contributed by atoms with Crippen molar-refractivity contribution in [2.75, 3.05) is 4.90 Å². The smallest absolute Gasteiger partial charge is 0.343 e. The molecule has 0 bridgehead atoms. The number of nitrogens with zero attached hydrogens (tertiary/aromatic N) is 2. The summed E-state index contributed by atoms with van der Waals surface area (Å²) in [5, 5.41) is 0.865. The molecular weight excluding hydrogens is 380 g/mol. The van der Waals surface area contributed by atoms with E-state index in [1.807, 2.05) is 18.2 Å². The van der Waals surface area contributed by atoms with Crippen molar-refractivity contribution in [2.24, 2.45) is 0 Å². The van der Waals surface area contributed by atoms with Gasteiger partial charge in [0.1, 0.15) is 5.52 Å². The zero-order chi connectivity index (χ0) is 20.7. The number of carbonyl (C=O) groups is 3. The Hall–Kier alpha value is -4.32. The fourth-order valence-corrected chi connectivity index (χ4v) is 3.49. The summed E-state index contributed by atoms with van der Waals surface area (Å²) in [6, 6.07) is 21.9. The number of fused-ring (bicyclic) bond motifs is 2. The third kappa shape index (κ3) is 2.82. The van der Waals surface area contributed by atoms with Crippen LogP contribution >= 0.6 is 0 Å². The van der Waals surface area contributed by atoms with Crippen LogP contribution in [0.1, 0.15) is 31.1 Å². The Morgan fingerprint density at radius 1 is 0.767 bits per heavy atom. The molecule has 4 aromatic rings. The van der Waals surface area contributed by atoms with Crippen LogP contribution in [0, 0.1) is 0 Å². The maximum atomic E-state index is 12.6. The molecule has 0 N–H and O–H groups in total. The van der Waals surface area contributed by atoms with Gasteiger partial charge < -0.3 is 4.74 Å². The van der Waals surface area contributed by atoms with Gasteiger partial charge >= 0.3 is 5.97 Å². The minimum absolute atomic E-state index is 0.295. The monoisotopic (exact) mass is 394 g/mol. The third-order valence-corrected chi connectivity index (χ3v) is 4.95. The van der Waals surface area contributed by atoms with Crippen LogP contribution < -0.4 is 9.64 Å². The van der Waals surface area contributed by atoms with Gasteiger partial charge in [-0.25, -0.2) is 9.69 Å². The Morgan fingerprint density at radius 2 is 1.43 bits per heavy atom. The van der Waals surface area contributed by atoms with E-state index in [4.69, 9.17) is 4.74 Å². The number of pyridine rings is 1. The van der Waals surface area contributed by atoms with Gasteiger partial charge in [-0.3, -0.25) is 14.6 Å². The molecule has 1 aromatic heterocycles. The fourth-order valence-electron chi connectivity index (χ4n) is 3.49. The van der Waals surface area contributed by atoms with E-state index in [1.54, 1.807) is 54.7 Å². The predicted octanol–water partition coefficient (Wildman–Crippen LogP) is 4.25. The van der Waals surface area contributed by atoms with Gasteiger partial charge in [0.15, 0.2) is 5.75 Å². The average molecular weight is 394 g/mol. The van der Waals surface area contributed by atoms with Crippen molar-refractivity contribution in [3.05, 3.63) is 102 Å². The van der Waals surface area contributed by atoms with Crippen LogP contribution in [0.2, 0.25) is 0 Å². The molecule has 144 valence electrons. The lowest BCUT2D eigenvalue weighted by Crippen LogP contribution is -2.29. The topological polar surface area (TPSA) is 76.6 Å². The number of ether oxygens (including phenoxy) is 1. The zero-order valence-corrected chi connectivity index (χ0v) is 15.6. The van der Waals surface area contributed by atoms with Crippen molar-refractivity contribution in [2.45, 2.75) is 0 Å². The number of amides is 2. The molecule has 0 saturated heterocycles. The van der Waals surface area contributed by atoms with Gasteiger partial charge in [0, 0.05) is 11.6 Å². The van der Waals surface area contributed by atoms with Crippen LogP contribution in [-0.4, -0.2) is 22.8 Å². The summed E-state index contributed by atoms with van der Waals surface area (Å²) in [7, 11) is 0. The van der Waals surface area contributed by atoms with Gasteiger partial charge in [-0.15, -0.1) is 0 Å². The molecule has 0 aliphatic carbocycles. The van der Waals surface area contributed by atoms with E-state index in [0.29, 0.717) is 33.6 Å². The molecular formula is C24H14N2O4. The van der Waals surface area contributed by atoms with E-state index < -0.39 is 5.97 Å². The second kappa shape index (κ2) is 6.93. The molecule has 30 heavy (non-hydrogen) atoms. The zero-order valence-electron chi connectivity index (χ0n) is 15.6. The number of benzene rings is 3. The first-order chi connectivity index (χ1) is 14.6. The Labute approximate surface area is 171 Å². The van der Waals surface area contributed by atoms with E-state index in [0.717, 1.165) is 10.3 Å². The average Bonchev–Trinajstić information content (AvgIpc) is 3.04. The second-order valence-corrected chi connectivity index (χ2v) is 6.76. The van der Waals surface area contributed by atoms with Crippen LogP contribution in [0.3, 0.4) is 0 Å². The number of rotatable bonds is 3. The molecule has 0 radical (unpaired) electrons. The maximum absolute atomic E-state index is 12.6. The molecule has 1 aliphatic rings. The maximum Gasteiger partial charge on any atom is 0.343 e. The molecule has 0 atom stereocenters. The van der Waals surface area contributed by atoms with Gasteiger partial charge in [-0.05, 0) is 48.5 Å². The van der Waals surface area contributed by atoms with E-state index in [-0.39, 0.29) is 11.8 Å². The standard InChI is InChI=1S/C24H14N2O4/c27-22-18-7-1-2-8-19(18)23(28)26(22)17-12-10-16(11-13-17)24(29)30-20-9-3-5-15-6-4-14-25-21(15)20/h1-14H. The van der Waals surface area contributed by atoms with Crippen molar-refractivity contribution in [1.29, 1.82) is 0 Å². The normalized spacial score (nSPS) is 12.9. The lowest BCUT2D eigenvalue weighted by Gasteiger charge is -2.14. The molecule has 2 heterocycles. The van der Waals surface area contributed by atoms with E-state index in [2.05, 4.69) is 4.98 Å². The van der Waals surface area contributed by atoms with Gasteiger partial charge in [0.05, 0.1) is 22.4 Å². The first kappa shape index (κ1) is 17.8. The number of esters is 1. The minimum Gasteiger partial charge on any atom is -0.421 e. The van der Waals surface area contributed by atoms with E-state index in [1.165, 1.54) is 12.1 Å².